The second-order valence-electron chi connectivity index (χ2n) is 7.37. The van der Waals surface area contributed by atoms with Gasteiger partial charge in [0.25, 0.3) is 0 Å². The highest BCUT2D eigenvalue weighted by atomic mass is 35.5. The van der Waals surface area contributed by atoms with Crippen LogP contribution in [0.1, 0.15) is 23.6 Å². The summed E-state index contributed by atoms with van der Waals surface area (Å²) < 4.78 is 33.1. The van der Waals surface area contributed by atoms with Crippen LogP contribution in [-0.2, 0) is 14.8 Å². The number of sulfonamides is 1. The van der Waals surface area contributed by atoms with Crippen molar-refractivity contribution in [1.29, 1.82) is 0 Å². The molecule has 1 aromatic carbocycles. The number of aryl methyl sites for hydroxylation is 2. The van der Waals surface area contributed by atoms with Gasteiger partial charge in [0.1, 0.15) is 0 Å². The van der Waals surface area contributed by atoms with E-state index in [-0.39, 0.29) is 17.3 Å². The van der Waals surface area contributed by atoms with Crippen molar-refractivity contribution in [3.8, 4) is 10.7 Å². The molecular weight excluding hydrogens is 460 g/mol. The predicted octanol–water partition coefficient (Wildman–Crippen LogP) is 4.11. The van der Waals surface area contributed by atoms with Crippen LogP contribution in [0, 0.1) is 19.8 Å². The van der Waals surface area contributed by atoms with Crippen LogP contribution < -0.4 is 5.32 Å². The fraction of sp³-hybridized carbons (Fsp3) is 0.350. The molecule has 0 saturated carbocycles. The minimum absolute atomic E-state index is 0.126. The number of anilines is 1. The third-order valence-corrected chi connectivity index (χ3v) is 8.49. The van der Waals surface area contributed by atoms with Gasteiger partial charge >= 0.3 is 0 Å². The molecule has 0 radical (unpaired) electrons. The van der Waals surface area contributed by atoms with Crippen LogP contribution in [0.15, 0.2) is 39.8 Å². The normalized spacial score (nSPS) is 17.6. The van der Waals surface area contributed by atoms with Crippen LogP contribution >= 0.6 is 22.9 Å². The summed E-state index contributed by atoms with van der Waals surface area (Å²) in [5, 5.41) is 7.22. The maximum atomic E-state index is 13.3. The van der Waals surface area contributed by atoms with Gasteiger partial charge in [0.05, 0.1) is 15.7 Å². The molecule has 3 aromatic rings. The first-order chi connectivity index (χ1) is 14.7. The number of benzene rings is 1. The smallest absolute Gasteiger partial charge is 0.244 e. The summed E-state index contributed by atoms with van der Waals surface area (Å²) in [6.07, 6.45) is 1.22. The predicted molar refractivity (Wildman–Crippen MR) is 119 cm³/mol. The van der Waals surface area contributed by atoms with Crippen LogP contribution in [0.4, 0.5) is 5.69 Å². The zero-order valence-electron chi connectivity index (χ0n) is 17.0. The third-order valence-electron chi connectivity index (χ3n) is 5.09. The van der Waals surface area contributed by atoms with Crippen molar-refractivity contribution in [2.75, 3.05) is 18.4 Å². The van der Waals surface area contributed by atoms with Crippen molar-refractivity contribution in [3.05, 3.63) is 46.1 Å². The summed E-state index contributed by atoms with van der Waals surface area (Å²) in [6, 6.07) is 8.45. The van der Waals surface area contributed by atoms with Gasteiger partial charge in [-0.15, -0.1) is 11.3 Å². The molecule has 4 rings (SSSR count). The molecular formula is C20H21ClN4O4S2. The molecule has 1 fully saturated rings. The summed E-state index contributed by atoms with van der Waals surface area (Å²) in [7, 11) is -3.76. The Morgan fingerprint density at radius 2 is 2.13 bits per heavy atom. The van der Waals surface area contributed by atoms with Crippen molar-refractivity contribution in [3.63, 3.8) is 0 Å². The van der Waals surface area contributed by atoms with E-state index < -0.39 is 15.9 Å². The van der Waals surface area contributed by atoms with Gasteiger partial charge in [-0.25, -0.2) is 8.42 Å². The Labute approximate surface area is 189 Å². The number of nitrogens with one attached hydrogen (secondary N) is 1. The Morgan fingerprint density at radius 1 is 1.32 bits per heavy atom. The van der Waals surface area contributed by atoms with Crippen molar-refractivity contribution in [2.24, 2.45) is 5.92 Å². The number of carbonyl (C=O) groups is 1. The topological polar surface area (TPSA) is 105 Å². The van der Waals surface area contributed by atoms with Crippen molar-refractivity contribution in [2.45, 2.75) is 31.6 Å². The van der Waals surface area contributed by atoms with Gasteiger partial charge in [-0.05, 0) is 44.0 Å². The Morgan fingerprint density at radius 3 is 2.84 bits per heavy atom. The van der Waals surface area contributed by atoms with Crippen molar-refractivity contribution in [1.82, 2.24) is 14.4 Å². The van der Waals surface area contributed by atoms with Crippen LogP contribution in [-0.4, -0.2) is 41.9 Å². The van der Waals surface area contributed by atoms with Gasteiger partial charge in [-0.2, -0.15) is 9.29 Å². The maximum Gasteiger partial charge on any atom is 0.244 e. The minimum Gasteiger partial charge on any atom is -0.339 e. The largest absolute Gasteiger partial charge is 0.339 e. The number of halogens is 1. The van der Waals surface area contributed by atoms with Gasteiger partial charge in [0.15, 0.2) is 0 Å². The van der Waals surface area contributed by atoms with E-state index in [1.165, 1.54) is 15.6 Å². The van der Waals surface area contributed by atoms with Gasteiger partial charge < -0.3 is 9.84 Å². The molecule has 2 aromatic heterocycles. The third kappa shape index (κ3) is 4.67. The number of amides is 1. The average Bonchev–Trinajstić information content (AvgIpc) is 3.34. The van der Waals surface area contributed by atoms with E-state index in [0.29, 0.717) is 51.6 Å². The number of thiophene rings is 1. The molecule has 0 aliphatic carbocycles. The van der Waals surface area contributed by atoms with E-state index in [1.54, 1.807) is 44.2 Å². The quantitative estimate of drug-likeness (QED) is 0.589. The fourth-order valence-electron chi connectivity index (χ4n) is 3.56. The first-order valence-electron chi connectivity index (χ1n) is 9.72. The molecule has 164 valence electrons. The standard InChI is InChI=1S/C20H21ClN4O4S2/c1-12-18(10-17(30-12)19-22-13(2)29-24-19)31(27,28)25-8-4-5-14(11-25)20(26)23-16-7-3-6-15(21)9-16/h3,6-7,9-10,14H,4-5,8,11H2,1-2H3,(H,23,26)/t14-/m1/s1. The molecule has 11 heteroatoms. The second kappa shape index (κ2) is 8.70. The number of piperidine rings is 1. The lowest BCUT2D eigenvalue weighted by atomic mass is 9.99. The SMILES string of the molecule is Cc1nc(-c2cc(S(=O)(=O)N3CCC[C@@H](C(=O)Nc4cccc(Cl)c4)C3)c(C)s2)no1. The van der Waals surface area contributed by atoms with E-state index in [9.17, 15) is 13.2 Å². The Balaban J connectivity index is 1.52. The number of hydrogen-bond acceptors (Lipinski definition) is 7. The lowest BCUT2D eigenvalue weighted by Crippen LogP contribution is -2.43. The van der Waals surface area contributed by atoms with Crippen LogP contribution in [0.5, 0.6) is 0 Å². The first-order valence-corrected chi connectivity index (χ1v) is 12.3. The summed E-state index contributed by atoms with van der Waals surface area (Å²) in [5.74, 6) is 0.118. The molecule has 1 saturated heterocycles. The summed E-state index contributed by atoms with van der Waals surface area (Å²) in [5.41, 5.74) is 0.589. The lowest BCUT2D eigenvalue weighted by molar-refractivity contribution is -0.120. The number of aromatic nitrogens is 2. The molecule has 3 heterocycles. The number of rotatable bonds is 5. The molecule has 1 atom stereocenters. The molecule has 1 N–H and O–H groups in total. The van der Waals surface area contributed by atoms with E-state index in [2.05, 4.69) is 15.5 Å². The fourth-order valence-corrected chi connectivity index (χ4v) is 6.76. The summed E-state index contributed by atoms with van der Waals surface area (Å²) in [4.78, 5) is 18.4. The zero-order valence-corrected chi connectivity index (χ0v) is 19.4. The minimum atomic E-state index is -3.76. The average molecular weight is 481 g/mol. The van der Waals surface area contributed by atoms with Crippen molar-refractivity contribution >= 4 is 44.6 Å². The number of carbonyl (C=O) groups excluding carboxylic acids is 1. The zero-order chi connectivity index (χ0) is 22.2. The Bertz CT molecular complexity index is 1220. The monoisotopic (exact) mass is 480 g/mol. The van der Waals surface area contributed by atoms with E-state index >= 15 is 0 Å². The maximum absolute atomic E-state index is 13.3. The number of nitrogens with zero attached hydrogens (tertiary/aromatic N) is 3. The summed E-state index contributed by atoms with van der Waals surface area (Å²) in [6.45, 7) is 3.92. The van der Waals surface area contributed by atoms with Gasteiger partial charge in [-0.3, -0.25) is 4.79 Å². The van der Waals surface area contributed by atoms with Crippen LogP contribution in [0.2, 0.25) is 5.02 Å². The highest BCUT2D eigenvalue weighted by Gasteiger charge is 2.35. The molecule has 31 heavy (non-hydrogen) atoms. The van der Waals surface area contributed by atoms with E-state index in [4.69, 9.17) is 16.1 Å². The highest BCUT2D eigenvalue weighted by molar-refractivity contribution is 7.89. The molecule has 0 unspecified atom stereocenters. The first kappa shape index (κ1) is 21.9. The van der Waals surface area contributed by atoms with Gasteiger partial charge in [0, 0.05) is 35.6 Å². The molecule has 1 aliphatic rings. The Kier molecular flexibility index (Phi) is 6.16. The lowest BCUT2D eigenvalue weighted by Gasteiger charge is -2.31. The molecule has 1 amide bonds. The highest BCUT2D eigenvalue weighted by Crippen LogP contribution is 2.35. The van der Waals surface area contributed by atoms with Gasteiger partial charge in [0.2, 0.25) is 27.6 Å². The van der Waals surface area contributed by atoms with Gasteiger partial charge in [-0.1, -0.05) is 22.8 Å². The molecule has 1 aliphatic heterocycles. The summed E-state index contributed by atoms with van der Waals surface area (Å²) >= 11 is 7.27. The molecule has 8 nitrogen and oxygen atoms in total. The van der Waals surface area contributed by atoms with E-state index in [0.717, 1.165) is 0 Å². The van der Waals surface area contributed by atoms with Crippen LogP contribution in [0.3, 0.4) is 0 Å². The second-order valence-corrected chi connectivity index (χ2v) is 11.0. The molecule has 0 bridgehead atoms. The van der Waals surface area contributed by atoms with Crippen LogP contribution in [0.25, 0.3) is 10.7 Å². The molecule has 0 spiro atoms. The van der Waals surface area contributed by atoms with Crippen molar-refractivity contribution < 1.29 is 17.7 Å². The van der Waals surface area contributed by atoms with E-state index in [1.807, 2.05) is 0 Å². The Hall–Kier alpha value is -2.27. The number of hydrogen-bond donors (Lipinski definition) is 1.